The van der Waals surface area contributed by atoms with Crippen LogP contribution in [-0.2, 0) is 19.9 Å². The van der Waals surface area contributed by atoms with Crippen LogP contribution in [-0.4, -0.2) is 15.7 Å². The lowest BCUT2D eigenvalue weighted by Crippen LogP contribution is -1.98. The van der Waals surface area contributed by atoms with Crippen LogP contribution in [0.1, 0.15) is 31.2 Å². The lowest BCUT2D eigenvalue weighted by Gasteiger charge is -2.01. The van der Waals surface area contributed by atoms with Crippen molar-refractivity contribution in [3.8, 4) is 0 Å². The Kier molecular flexibility index (Phi) is 4.96. The minimum Gasteiger partial charge on any atom is -0.271 e. The van der Waals surface area contributed by atoms with E-state index in [1.165, 1.54) is 10.2 Å². The Morgan fingerprint density at radius 3 is 2.64 bits per heavy atom. The Morgan fingerprint density at radius 2 is 2.14 bits per heavy atom. The van der Waals surface area contributed by atoms with Gasteiger partial charge < -0.3 is 0 Å². The van der Waals surface area contributed by atoms with Crippen molar-refractivity contribution in [2.45, 2.75) is 32.6 Å². The molecule has 4 heteroatoms. The molecule has 2 nitrogen and oxygen atoms in total. The SMILES string of the molecule is CCc1nn(C)c(CCCCCl)c1Br. The van der Waals surface area contributed by atoms with E-state index in [0.29, 0.717) is 0 Å². The van der Waals surface area contributed by atoms with Gasteiger partial charge in [0.15, 0.2) is 0 Å². The number of rotatable bonds is 5. The summed E-state index contributed by atoms with van der Waals surface area (Å²) in [4.78, 5) is 0. The molecule has 1 aromatic heterocycles. The van der Waals surface area contributed by atoms with E-state index in [-0.39, 0.29) is 0 Å². The lowest BCUT2D eigenvalue weighted by atomic mass is 10.2. The van der Waals surface area contributed by atoms with Crippen LogP contribution in [0, 0.1) is 0 Å². The molecule has 0 atom stereocenters. The van der Waals surface area contributed by atoms with Crippen LogP contribution in [0.3, 0.4) is 0 Å². The largest absolute Gasteiger partial charge is 0.271 e. The number of aromatic nitrogens is 2. The van der Waals surface area contributed by atoms with Crippen LogP contribution in [0.5, 0.6) is 0 Å². The Bertz CT molecular complexity index is 297. The van der Waals surface area contributed by atoms with E-state index >= 15 is 0 Å². The first-order chi connectivity index (χ1) is 6.70. The zero-order valence-corrected chi connectivity index (χ0v) is 11.0. The molecule has 0 unspecified atom stereocenters. The summed E-state index contributed by atoms with van der Waals surface area (Å²) in [6.07, 6.45) is 4.23. The van der Waals surface area contributed by atoms with Crippen molar-refractivity contribution in [2.75, 3.05) is 5.88 Å². The summed E-state index contributed by atoms with van der Waals surface area (Å²) >= 11 is 9.24. The van der Waals surface area contributed by atoms with Crippen molar-refractivity contribution in [3.63, 3.8) is 0 Å². The molecular weight excluding hydrogens is 263 g/mol. The Balaban J connectivity index is 2.70. The van der Waals surface area contributed by atoms with Crippen LogP contribution >= 0.6 is 27.5 Å². The maximum absolute atomic E-state index is 5.65. The molecule has 0 aliphatic heterocycles. The molecule has 1 rings (SSSR count). The first-order valence-corrected chi connectivity index (χ1v) is 6.29. The van der Waals surface area contributed by atoms with Gasteiger partial charge in [-0.2, -0.15) is 5.10 Å². The van der Waals surface area contributed by atoms with Crippen molar-refractivity contribution in [1.82, 2.24) is 9.78 Å². The van der Waals surface area contributed by atoms with Gasteiger partial charge in [-0.05, 0) is 41.6 Å². The minimum absolute atomic E-state index is 0.746. The molecule has 0 spiro atoms. The van der Waals surface area contributed by atoms with Crippen LogP contribution < -0.4 is 0 Å². The number of unbranched alkanes of at least 4 members (excludes halogenated alkanes) is 1. The third kappa shape index (κ3) is 2.74. The predicted molar refractivity (Wildman–Crippen MR) is 63.9 cm³/mol. The number of hydrogen-bond donors (Lipinski definition) is 0. The summed E-state index contributed by atoms with van der Waals surface area (Å²) < 4.78 is 3.15. The quantitative estimate of drug-likeness (QED) is 0.597. The van der Waals surface area contributed by atoms with Gasteiger partial charge in [0.05, 0.1) is 15.9 Å². The molecule has 0 N–H and O–H groups in total. The third-order valence-corrected chi connectivity index (χ3v) is 3.48. The number of nitrogens with zero attached hydrogens (tertiary/aromatic N) is 2. The molecule has 14 heavy (non-hydrogen) atoms. The summed E-state index contributed by atoms with van der Waals surface area (Å²) in [7, 11) is 2.00. The zero-order valence-electron chi connectivity index (χ0n) is 8.69. The summed E-state index contributed by atoms with van der Waals surface area (Å²) in [5.41, 5.74) is 2.43. The Labute approximate surface area is 98.8 Å². The number of alkyl halides is 1. The van der Waals surface area contributed by atoms with Gasteiger partial charge in [-0.15, -0.1) is 11.6 Å². The predicted octanol–water partition coefficient (Wildman–Crippen LogP) is 3.31. The topological polar surface area (TPSA) is 17.8 Å². The van der Waals surface area contributed by atoms with E-state index in [9.17, 15) is 0 Å². The van der Waals surface area contributed by atoms with Gasteiger partial charge in [0, 0.05) is 12.9 Å². The molecular formula is C10H16BrClN2. The van der Waals surface area contributed by atoms with Gasteiger partial charge in [-0.25, -0.2) is 0 Å². The fourth-order valence-electron chi connectivity index (χ4n) is 1.48. The number of hydrogen-bond acceptors (Lipinski definition) is 1. The van der Waals surface area contributed by atoms with E-state index in [0.717, 1.165) is 37.3 Å². The molecule has 0 aliphatic carbocycles. The van der Waals surface area contributed by atoms with Crippen LogP contribution in [0.2, 0.25) is 0 Å². The summed E-state index contributed by atoms with van der Waals surface area (Å²) in [6.45, 7) is 2.12. The molecule has 0 aromatic carbocycles. The van der Waals surface area contributed by atoms with Crippen molar-refractivity contribution in [2.24, 2.45) is 7.05 Å². The normalized spacial score (nSPS) is 10.9. The van der Waals surface area contributed by atoms with Crippen molar-refractivity contribution >= 4 is 27.5 Å². The van der Waals surface area contributed by atoms with Crippen LogP contribution in [0.4, 0.5) is 0 Å². The molecule has 1 heterocycles. The summed E-state index contributed by atoms with van der Waals surface area (Å²) in [6, 6.07) is 0. The van der Waals surface area contributed by atoms with Crippen molar-refractivity contribution in [1.29, 1.82) is 0 Å². The first-order valence-electron chi connectivity index (χ1n) is 4.96. The first kappa shape index (κ1) is 12.1. The fourth-order valence-corrected chi connectivity index (χ4v) is 2.48. The molecule has 0 amide bonds. The molecule has 0 aliphatic rings. The van der Waals surface area contributed by atoms with E-state index in [1.807, 2.05) is 11.7 Å². The van der Waals surface area contributed by atoms with Crippen LogP contribution in [0.25, 0.3) is 0 Å². The maximum atomic E-state index is 5.65. The van der Waals surface area contributed by atoms with Crippen molar-refractivity contribution < 1.29 is 0 Å². The second kappa shape index (κ2) is 5.76. The lowest BCUT2D eigenvalue weighted by molar-refractivity contribution is 0.670. The average Bonchev–Trinajstić information content (AvgIpc) is 2.45. The second-order valence-corrected chi connectivity index (χ2v) is 4.50. The van der Waals surface area contributed by atoms with Crippen molar-refractivity contribution in [3.05, 3.63) is 15.9 Å². The average molecular weight is 280 g/mol. The molecule has 80 valence electrons. The standard InChI is InChI=1S/C10H16BrClN2/c1-3-8-10(11)9(14(2)13-8)6-4-5-7-12/h3-7H2,1-2H3. The molecule has 0 saturated carbocycles. The van der Waals surface area contributed by atoms with Gasteiger partial charge in [0.1, 0.15) is 0 Å². The van der Waals surface area contributed by atoms with Gasteiger partial charge in [-0.1, -0.05) is 6.92 Å². The van der Waals surface area contributed by atoms with E-state index in [4.69, 9.17) is 11.6 Å². The highest BCUT2D eigenvalue weighted by molar-refractivity contribution is 9.10. The summed E-state index contributed by atoms with van der Waals surface area (Å²) in [5, 5.41) is 4.44. The van der Waals surface area contributed by atoms with Gasteiger partial charge in [-0.3, -0.25) is 4.68 Å². The van der Waals surface area contributed by atoms with Gasteiger partial charge >= 0.3 is 0 Å². The smallest absolute Gasteiger partial charge is 0.0766 e. The monoisotopic (exact) mass is 278 g/mol. The Morgan fingerprint density at radius 1 is 1.43 bits per heavy atom. The van der Waals surface area contributed by atoms with E-state index in [1.54, 1.807) is 0 Å². The molecule has 1 aromatic rings. The number of aryl methyl sites for hydroxylation is 2. The highest BCUT2D eigenvalue weighted by Crippen LogP contribution is 2.22. The van der Waals surface area contributed by atoms with E-state index < -0.39 is 0 Å². The van der Waals surface area contributed by atoms with Crippen LogP contribution in [0.15, 0.2) is 4.47 Å². The molecule has 0 radical (unpaired) electrons. The maximum Gasteiger partial charge on any atom is 0.0766 e. The van der Waals surface area contributed by atoms with Gasteiger partial charge in [0.2, 0.25) is 0 Å². The highest BCUT2D eigenvalue weighted by atomic mass is 79.9. The van der Waals surface area contributed by atoms with Gasteiger partial charge in [0.25, 0.3) is 0 Å². The molecule has 0 bridgehead atoms. The second-order valence-electron chi connectivity index (χ2n) is 3.33. The highest BCUT2D eigenvalue weighted by Gasteiger charge is 2.11. The van der Waals surface area contributed by atoms with E-state index in [2.05, 4.69) is 28.0 Å². The summed E-state index contributed by atoms with van der Waals surface area (Å²) in [5.74, 6) is 0.746. The number of halogens is 2. The molecule has 0 fully saturated rings. The Hall–Kier alpha value is -0.0200. The molecule has 0 saturated heterocycles. The third-order valence-electron chi connectivity index (χ3n) is 2.30. The zero-order chi connectivity index (χ0) is 10.6. The minimum atomic E-state index is 0.746. The fraction of sp³-hybridized carbons (Fsp3) is 0.700.